The smallest absolute Gasteiger partial charge is 0.294 e. The minimum atomic E-state index is -0.319. The molecule has 0 radical (unpaired) electrons. The zero-order valence-electron chi connectivity index (χ0n) is 15.1. The van der Waals surface area contributed by atoms with Crippen LogP contribution in [-0.2, 0) is 4.74 Å². The lowest BCUT2D eigenvalue weighted by Gasteiger charge is -2.28. The number of ether oxygens (including phenoxy) is 1. The molecule has 1 N–H and O–H groups in total. The molecule has 1 amide bonds. The first-order valence-corrected chi connectivity index (χ1v) is 8.97. The van der Waals surface area contributed by atoms with E-state index in [2.05, 4.69) is 15.4 Å². The number of anilines is 2. The van der Waals surface area contributed by atoms with E-state index in [4.69, 9.17) is 9.26 Å². The Hall–Kier alpha value is -3.12. The van der Waals surface area contributed by atoms with Gasteiger partial charge in [0.25, 0.3) is 5.91 Å². The lowest BCUT2D eigenvalue weighted by Crippen LogP contribution is -2.36. The number of aryl methyl sites for hydroxylation is 1. The van der Waals surface area contributed by atoms with Crippen molar-refractivity contribution in [3.63, 3.8) is 0 Å². The van der Waals surface area contributed by atoms with Crippen molar-refractivity contribution in [1.29, 1.82) is 0 Å². The first-order valence-electron chi connectivity index (χ1n) is 8.97. The normalized spacial score (nSPS) is 14.2. The number of aromatic nitrogens is 1. The number of hydrogen-bond donors (Lipinski definition) is 1. The number of carbonyl (C=O) groups excluding carboxylic acids is 1. The largest absolute Gasteiger partial charge is 0.378 e. The fraction of sp³-hybridized carbons (Fsp3) is 0.238. The van der Waals surface area contributed by atoms with Crippen molar-refractivity contribution >= 4 is 17.3 Å². The van der Waals surface area contributed by atoms with Crippen LogP contribution in [0.25, 0.3) is 11.3 Å². The zero-order chi connectivity index (χ0) is 18.6. The van der Waals surface area contributed by atoms with Gasteiger partial charge in [-0.25, -0.2) is 0 Å². The van der Waals surface area contributed by atoms with E-state index >= 15 is 0 Å². The van der Waals surface area contributed by atoms with Crippen LogP contribution in [0.15, 0.2) is 59.1 Å². The molecule has 0 aliphatic carbocycles. The first kappa shape index (κ1) is 17.3. The topological polar surface area (TPSA) is 67.6 Å². The third-order valence-electron chi connectivity index (χ3n) is 4.58. The summed E-state index contributed by atoms with van der Waals surface area (Å²) in [4.78, 5) is 14.7. The van der Waals surface area contributed by atoms with Crippen LogP contribution in [0, 0.1) is 6.92 Å². The molecule has 0 bridgehead atoms. The molecule has 1 aliphatic rings. The van der Waals surface area contributed by atoms with Crippen molar-refractivity contribution < 1.29 is 14.1 Å². The highest BCUT2D eigenvalue weighted by atomic mass is 16.5. The van der Waals surface area contributed by atoms with Gasteiger partial charge >= 0.3 is 0 Å². The molecule has 0 saturated carbocycles. The Morgan fingerprint density at radius 3 is 2.44 bits per heavy atom. The van der Waals surface area contributed by atoms with E-state index in [1.807, 2.05) is 55.5 Å². The molecule has 6 nitrogen and oxygen atoms in total. The van der Waals surface area contributed by atoms with Gasteiger partial charge in [0.2, 0.25) is 5.76 Å². The molecule has 1 aliphatic heterocycles. The maximum Gasteiger partial charge on any atom is 0.294 e. The van der Waals surface area contributed by atoms with E-state index in [9.17, 15) is 4.79 Å². The molecular weight excluding hydrogens is 342 g/mol. The number of morpholine rings is 1. The predicted octanol–water partition coefficient (Wildman–Crippen LogP) is 3.74. The molecule has 3 aromatic rings. The van der Waals surface area contributed by atoms with Crippen molar-refractivity contribution in [2.75, 3.05) is 36.5 Å². The number of amides is 1. The quantitative estimate of drug-likeness (QED) is 0.765. The van der Waals surface area contributed by atoms with Gasteiger partial charge in [-0.05, 0) is 31.2 Å². The summed E-state index contributed by atoms with van der Waals surface area (Å²) in [5.74, 6) is -0.136. The summed E-state index contributed by atoms with van der Waals surface area (Å²) in [5.41, 5.74) is 4.56. The highest BCUT2D eigenvalue weighted by Crippen LogP contribution is 2.22. The Kier molecular flexibility index (Phi) is 4.89. The van der Waals surface area contributed by atoms with Crippen LogP contribution in [0.4, 0.5) is 11.4 Å². The van der Waals surface area contributed by atoms with Crippen molar-refractivity contribution in [2.45, 2.75) is 6.92 Å². The van der Waals surface area contributed by atoms with Crippen LogP contribution < -0.4 is 10.2 Å². The molecule has 0 spiro atoms. The molecule has 0 atom stereocenters. The van der Waals surface area contributed by atoms with Crippen molar-refractivity contribution in [1.82, 2.24) is 5.16 Å². The molecule has 2 aromatic carbocycles. The number of benzene rings is 2. The monoisotopic (exact) mass is 363 g/mol. The van der Waals surface area contributed by atoms with Gasteiger partial charge in [-0.1, -0.05) is 35.0 Å². The summed E-state index contributed by atoms with van der Waals surface area (Å²) in [6, 6.07) is 17.3. The second kappa shape index (κ2) is 7.63. The fourth-order valence-corrected chi connectivity index (χ4v) is 3.01. The molecule has 0 unspecified atom stereocenters. The minimum Gasteiger partial charge on any atom is -0.378 e. The van der Waals surface area contributed by atoms with Crippen molar-refractivity contribution in [3.05, 3.63) is 65.9 Å². The third kappa shape index (κ3) is 4.01. The Morgan fingerprint density at radius 1 is 1.04 bits per heavy atom. The van der Waals surface area contributed by atoms with E-state index in [1.165, 1.54) is 5.56 Å². The lowest BCUT2D eigenvalue weighted by molar-refractivity contribution is 0.0988. The van der Waals surface area contributed by atoms with E-state index in [0.717, 1.165) is 37.6 Å². The molecular formula is C21H21N3O3. The molecule has 2 heterocycles. The summed E-state index contributed by atoms with van der Waals surface area (Å²) in [5, 5.41) is 6.85. The summed E-state index contributed by atoms with van der Waals surface area (Å²) in [6.07, 6.45) is 0. The summed E-state index contributed by atoms with van der Waals surface area (Å²) in [6.45, 7) is 5.27. The molecule has 1 aromatic heterocycles. The van der Waals surface area contributed by atoms with Gasteiger partial charge in [0.05, 0.1) is 13.2 Å². The van der Waals surface area contributed by atoms with Crippen LogP contribution in [0.1, 0.15) is 16.1 Å². The summed E-state index contributed by atoms with van der Waals surface area (Å²) < 4.78 is 10.6. The molecule has 138 valence electrons. The number of carbonyl (C=O) groups is 1. The van der Waals surface area contributed by atoms with Crippen molar-refractivity contribution in [2.24, 2.45) is 0 Å². The van der Waals surface area contributed by atoms with Crippen LogP contribution in [0.5, 0.6) is 0 Å². The van der Waals surface area contributed by atoms with Crippen molar-refractivity contribution in [3.8, 4) is 11.3 Å². The summed E-state index contributed by atoms with van der Waals surface area (Å²) >= 11 is 0. The lowest BCUT2D eigenvalue weighted by atomic mass is 10.1. The number of hydrogen-bond acceptors (Lipinski definition) is 5. The zero-order valence-corrected chi connectivity index (χ0v) is 15.1. The number of rotatable bonds is 4. The SMILES string of the molecule is Cc1ccc(-c2cc(C(=O)Nc3ccc(N4CCOCC4)cc3)on2)cc1. The highest BCUT2D eigenvalue weighted by molar-refractivity contribution is 6.02. The Balaban J connectivity index is 1.42. The standard InChI is InChI=1S/C21H21N3O3/c1-15-2-4-16(5-3-15)19-14-20(27-23-19)21(25)22-17-6-8-18(9-7-17)24-10-12-26-13-11-24/h2-9,14H,10-13H2,1H3,(H,22,25). The van der Waals surface area contributed by atoms with Crippen LogP contribution >= 0.6 is 0 Å². The first-order chi connectivity index (χ1) is 13.2. The molecule has 6 heteroatoms. The Morgan fingerprint density at radius 2 is 1.74 bits per heavy atom. The fourth-order valence-electron chi connectivity index (χ4n) is 3.01. The van der Waals surface area contributed by atoms with Gasteiger partial charge in [0.1, 0.15) is 5.69 Å². The van der Waals surface area contributed by atoms with Crippen LogP contribution in [0.3, 0.4) is 0 Å². The maximum absolute atomic E-state index is 12.4. The Labute approximate surface area is 157 Å². The van der Waals surface area contributed by atoms with Gasteiger partial charge in [-0.2, -0.15) is 0 Å². The number of nitrogens with one attached hydrogen (secondary N) is 1. The maximum atomic E-state index is 12.4. The molecule has 4 rings (SSSR count). The van der Waals surface area contributed by atoms with Gasteiger partial charge < -0.3 is 19.5 Å². The van der Waals surface area contributed by atoms with E-state index < -0.39 is 0 Å². The number of nitrogens with zero attached hydrogens (tertiary/aromatic N) is 2. The molecule has 27 heavy (non-hydrogen) atoms. The highest BCUT2D eigenvalue weighted by Gasteiger charge is 2.15. The summed E-state index contributed by atoms with van der Waals surface area (Å²) in [7, 11) is 0. The van der Waals surface area contributed by atoms with Gasteiger partial charge in [0.15, 0.2) is 0 Å². The van der Waals surface area contributed by atoms with Gasteiger partial charge in [-0.15, -0.1) is 0 Å². The average Bonchev–Trinajstić information content (AvgIpc) is 3.20. The minimum absolute atomic E-state index is 0.183. The van der Waals surface area contributed by atoms with E-state index in [-0.39, 0.29) is 11.7 Å². The van der Waals surface area contributed by atoms with Crippen LogP contribution in [0.2, 0.25) is 0 Å². The Bertz CT molecular complexity index is 911. The predicted molar refractivity (Wildman–Crippen MR) is 104 cm³/mol. The van der Waals surface area contributed by atoms with Gasteiger partial charge in [0, 0.05) is 36.1 Å². The van der Waals surface area contributed by atoms with Gasteiger partial charge in [-0.3, -0.25) is 4.79 Å². The second-order valence-corrected chi connectivity index (χ2v) is 6.54. The van der Waals surface area contributed by atoms with E-state index in [1.54, 1.807) is 6.07 Å². The van der Waals surface area contributed by atoms with E-state index in [0.29, 0.717) is 11.4 Å². The average molecular weight is 363 g/mol. The third-order valence-corrected chi connectivity index (χ3v) is 4.58. The van der Waals surface area contributed by atoms with Crippen LogP contribution in [-0.4, -0.2) is 37.4 Å². The molecule has 1 fully saturated rings. The second-order valence-electron chi connectivity index (χ2n) is 6.54. The molecule has 1 saturated heterocycles.